The molecule has 0 atom stereocenters. The third kappa shape index (κ3) is 2.64. The van der Waals surface area contributed by atoms with Crippen molar-refractivity contribution in [3.63, 3.8) is 0 Å². The summed E-state index contributed by atoms with van der Waals surface area (Å²) in [6.45, 7) is 6.32. The van der Waals surface area contributed by atoms with Crippen molar-refractivity contribution in [3.05, 3.63) is 46.6 Å². The summed E-state index contributed by atoms with van der Waals surface area (Å²) in [5, 5.41) is 0. The molecule has 0 radical (unpaired) electrons. The minimum atomic E-state index is 1.06. The lowest BCUT2D eigenvalue weighted by Crippen LogP contribution is -1.87. The monoisotopic (exact) mass is 243 g/mol. The van der Waals surface area contributed by atoms with Crippen LogP contribution in [0, 0.1) is 6.92 Å². The first-order valence-corrected chi connectivity index (χ1v) is 6.74. The summed E-state index contributed by atoms with van der Waals surface area (Å²) >= 11 is 1.86. The van der Waals surface area contributed by atoms with Crippen LogP contribution in [0.5, 0.6) is 0 Å². The van der Waals surface area contributed by atoms with Gasteiger partial charge in [-0.1, -0.05) is 13.0 Å². The maximum atomic E-state index is 4.50. The molecule has 2 aromatic heterocycles. The second kappa shape index (κ2) is 5.28. The van der Waals surface area contributed by atoms with E-state index in [0.29, 0.717) is 0 Å². The van der Waals surface area contributed by atoms with Gasteiger partial charge in [-0.15, -0.1) is 11.3 Å². The smallest absolute Gasteiger partial charge is 0.0655 e. The predicted octanol–water partition coefficient (Wildman–Crippen LogP) is 4.71. The van der Waals surface area contributed by atoms with E-state index in [4.69, 9.17) is 0 Å². The molecular formula is C15H17NS. The highest BCUT2D eigenvalue weighted by Gasteiger charge is 2.04. The van der Waals surface area contributed by atoms with Crippen molar-refractivity contribution in [3.8, 4) is 10.4 Å². The molecule has 1 nitrogen and oxygen atoms in total. The molecule has 2 heteroatoms. The fourth-order valence-electron chi connectivity index (χ4n) is 1.78. The van der Waals surface area contributed by atoms with Gasteiger partial charge in [-0.3, -0.25) is 4.98 Å². The lowest BCUT2D eigenvalue weighted by Gasteiger charge is -2.02. The van der Waals surface area contributed by atoms with Crippen molar-refractivity contribution in [2.45, 2.75) is 27.2 Å². The standard InChI is InChI=1S/C15H17NS/c1-4-6-14-11(3)9-12(10-16-14)15-8-7-13(5-2)17-15/h4,6-10H,5H2,1-3H3/b6-4-. The van der Waals surface area contributed by atoms with Gasteiger partial charge in [-0.25, -0.2) is 0 Å². The van der Waals surface area contributed by atoms with E-state index in [1.54, 1.807) is 0 Å². The third-order valence-electron chi connectivity index (χ3n) is 2.74. The van der Waals surface area contributed by atoms with Crippen LogP contribution in [0.4, 0.5) is 0 Å². The maximum Gasteiger partial charge on any atom is 0.0655 e. The van der Waals surface area contributed by atoms with Crippen molar-refractivity contribution < 1.29 is 0 Å². The molecule has 2 heterocycles. The van der Waals surface area contributed by atoms with Crippen LogP contribution >= 0.6 is 11.3 Å². The Balaban J connectivity index is 2.37. The number of hydrogen-bond donors (Lipinski definition) is 0. The van der Waals surface area contributed by atoms with Crippen LogP contribution in [0.25, 0.3) is 16.5 Å². The van der Waals surface area contributed by atoms with E-state index in [9.17, 15) is 0 Å². The van der Waals surface area contributed by atoms with Gasteiger partial charge in [0.2, 0.25) is 0 Å². The predicted molar refractivity (Wildman–Crippen MR) is 76.4 cm³/mol. The van der Waals surface area contributed by atoms with E-state index in [1.165, 1.54) is 20.9 Å². The Morgan fingerprint density at radius 2 is 2.18 bits per heavy atom. The van der Waals surface area contributed by atoms with Crippen molar-refractivity contribution >= 4 is 17.4 Å². The normalized spacial score (nSPS) is 11.2. The molecule has 17 heavy (non-hydrogen) atoms. The first-order valence-electron chi connectivity index (χ1n) is 5.93. The average Bonchev–Trinajstić information content (AvgIpc) is 2.80. The Bertz CT molecular complexity index is 538. The van der Waals surface area contributed by atoms with E-state index in [2.05, 4.69) is 37.0 Å². The minimum absolute atomic E-state index is 1.06. The molecule has 0 aliphatic carbocycles. The van der Waals surface area contributed by atoms with Gasteiger partial charge in [-0.05, 0) is 50.1 Å². The molecule has 0 amide bonds. The third-order valence-corrected chi connectivity index (χ3v) is 4.02. The molecule has 2 rings (SSSR count). The second-order valence-corrected chi connectivity index (χ2v) is 5.21. The van der Waals surface area contributed by atoms with E-state index >= 15 is 0 Å². The topological polar surface area (TPSA) is 12.9 Å². The van der Waals surface area contributed by atoms with E-state index < -0.39 is 0 Å². The molecular weight excluding hydrogens is 226 g/mol. The van der Waals surface area contributed by atoms with Gasteiger partial charge in [-0.2, -0.15) is 0 Å². The number of hydrogen-bond acceptors (Lipinski definition) is 2. The summed E-state index contributed by atoms with van der Waals surface area (Å²) in [6.07, 6.45) is 7.14. The van der Waals surface area contributed by atoms with E-state index in [1.807, 2.05) is 36.6 Å². The van der Waals surface area contributed by atoms with Crippen LogP contribution in [0.15, 0.2) is 30.5 Å². The van der Waals surface area contributed by atoms with Crippen LogP contribution in [0.2, 0.25) is 0 Å². The Morgan fingerprint density at radius 1 is 1.35 bits per heavy atom. The zero-order valence-electron chi connectivity index (χ0n) is 10.5. The van der Waals surface area contributed by atoms with Crippen LogP contribution in [0.3, 0.4) is 0 Å². The molecule has 0 aliphatic rings. The first-order chi connectivity index (χ1) is 8.24. The second-order valence-electron chi connectivity index (χ2n) is 4.05. The molecule has 0 aliphatic heterocycles. The van der Waals surface area contributed by atoms with Crippen molar-refractivity contribution in [2.24, 2.45) is 0 Å². The highest BCUT2D eigenvalue weighted by molar-refractivity contribution is 7.15. The number of allylic oxidation sites excluding steroid dienone is 1. The summed E-state index contributed by atoms with van der Waals surface area (Å²) in [5.74, 6) is 0. The molecule has 0 fully saturated rings. The lowest BCUT2D eigenvalue weighted by molar-refractivity contribution is 1.19. The van der Waals surface area contributed by atoms with Crippen molar-refractivity contribution in [1.82, 2.24) is 4.98 Å². The summed E-state index contributed by atoms with van der Waals surface area (Å²) in [6, 6.07) is 6.61. The molecule has 0 spiro atoms. The Kier molecular flexibility index (Phi) is 3.75. The summed E-state index contributed by atoms with van der Waals surface area (Å²) in [7, 11) is 0. The van der Waals surface area contributed by atoms with Crippen LogP contribution in [-0.4, -0.2) is 4.98 Å². The zero-order valence-corrected chi connectivity index (χ0v) is 11.3. The number of thiophene rings is 1. The lowest BCUT2D eigenvalue weighted by atomic mass is 10.1. The summed E-state index contributed by atoms with van der Waals surface area (Å²) in [4.78, 5) is 7.24. The van der Waals surface area contributed by atoms with Gasteiger partial charge in [0.15, 0.2) is 0 Å². The Hall–Kier alpha value is -1.41. The Morgan fingerprint density at radius 3 is 2.76 bits per heavy atom. The summed E-state index contributed by atoms with van der Waals surface area (Å²) in [5.41, 5.74) is 3.51. The SMILES string of the molecule is C/C=C\c1ncc(-c2ccc(CC)s2)cc1C. The molecule has 0 bridgehead atoms. The van der Waals surface area contributed by atoms with Gasteiger partial charge in [0, 0.05) is 21.5 Å². The average molecular weight is 243 g/mol. The van der Waals surface area contributed by atoms with Crippen LogP contribution in [-0.2, 0) is 6.42 Å². The molecule has 0 aromatic carbocycles. The zero-order chi connectivity index (χ0) is 12.3. The minimum Gasteiger partial charge on any atom is -0.256 e. The van der Waals surface area contributed by atoms with Gasteiger partial charge in [0.1, 0.15) is 0 Å². The Labute approximate surface area is 107 Å². The van der Waals surface area contributed by atoms with Crippen LogP contribution in [0.1, 0.15) is 30.0 Å². The van der Waals surface area contributed by atoms with E-state index in [-0.39, 0.29) is 0 Å². The van der Waals surface area contributed by atoms with Crippen LogP contribution < -0.4 is 0 Å². The number of aromatic nitrogens is 1. The molecule has 0 unspecified atom stereocenters. The fourth-order valence-corrected chi connectivity index (χ4v) is 2.70. The number of rotatable bonds is 3. The molecule has 0 saturated heterocycles. The van der Waals surface area contributed by atoms with Gasteiger partial charge < -0.3 is 0 Å². The van der Waals surface area contributed by atoms with Gasteiger partial charge in [0.25, 0.3) is 0 Å². The maximum absolute atomic E-state index is 4.50. The number of nitrogens with zero attached hydrogens (tertiary/aromatic N) is 1. The highest BCUT2D eigenvalue weighted by atomic mass is 32.1. The number of aryl methyl sites for hydroxylation is 2. The van der Waals surface area contributed by atoms with Crippen molar-refractivity contribution in [2.75, 3.05) is 0 Å². The largest absolute Gasteiger partial charge is 0.256 e. The first kappa shape index (κ1) is 12.1. The fraction of sp³-hybridized carbons (Fsp3) is 0.267. The van der Waals surface area contributed by atoms with Crippen molar-refractivity contribution in [1.29, 1.82) is 0 Å². The highest BCUT2D eigenvalue weighted by Crippen LogP contribution is 2.29. The molecule has 0 saturated carbocycles. The molecule has 0 N–H and O–H groups in total. The molecule has 88 valence electrons. The van der Waals surface area contributed by atoms with E-state index in [0.717, 1.165) is 12.1 Å². The molecule has 2 aromatic rings. The van der Waals surface area contributed by atoms with Gasteiger partial charge in [0.05, 0.1) is 5.69 Å². The number of pyridine rings is 1. The summed E-state index contributed by atoms with van der Waals surface area (Å²) < 4.78 is 0. The quantitative estimate of drug-likeness (QED) is 0.760. The van der Waals surface area contributed by atoms with Gasteiger partial charge >= 0.3 is 0 Å².